The third kappa shape index (κ3) is 3.88. The Morgan fingerprint density at radius 1 is 1.29 bits per heavy atom. The topological polar surface area (TPSA) is 78.9 Å². The Labute approximate surface area is 169 Å². The van der Waals surface area contributed by atoms with Crippen molar-refractivity contribution in [1.82, 2.24) is 10.2 Å². The summed E-state index contributed by atoms with van der Waals surface area (Å²) in [6.07, 6.45) is -0.736. The lowest BCUT2D eigenvalue weighted by Gasteiger charge is -2.39. The van der Waals surface area contributed by atoms with Crippen LogP contribution in [0.15, 0.2) is 30.3 Å². The summed E-state index contributed by atoms with van der Waals surface area (Å²) < 4.78 is 6.38. The number of nitrogens with one attached hydrogen (secondary N) is 1. The molecule has 1 aromatic rings. The van der Waals surface area contributed by atoms with Gasteiger partial charge >= 0.3 is 0 Å². The second-order valence-electron chi connectivity index (χ2n) is 9.24. The molecule has 0 aromatic heterocycles. The molecule has 2 amide bonds. The fourth-order valence-electron chi connectivity index (χ4n) is 3.42. The molecule has 156 valence electrons. The van der Waals surface area contributed by atoms with Crippen molar-refractivity contribution < 1.29 is 19.1 Å². The second kappa shape index (κ2) is 7.97. The Morgan fingerprint density at radius 2 is 1.86 bits per heavy atom. The molecule has 0 spiro atoms. The van der Waals surface area contributed by atoms with Crippen LogP contribution < -0.4 is 5.32 Å². The minimum absolute atomic E-state index is 0.0639. The van der Waals surface area contributed by atoms with Gasteiger partial charge in [-0.15, -0.1) is 0 Å². The maximum atomic E-state index is 13.1. The van der Waals surface area contributed by atoms with Gasteiger partial charge in [-0.05, 0) is 23.7 Å². The first-order chi connectivity index (χ1) is 12.9. The normalized spacial score (nSPS) is 25.9. The number of aliphatic hydroxyl groups excluding tert-OH is 1. The fraction of sp³-hybridized carbons (Fsp3) is 0.619. The quantitative estimate of drug-likeness (QED) is 0.712. The van der Waals surface area contributed by atoms with Crippen molar-refractivity contribution in [3.63, 3.8) is 0 Å². The zero-order valence-electron chi connectivity index (χ0n) is 18.1. The van der Waals surface area contributed by atoms with Gasteiger partial charge in [-0.3, -0.25) is 9.59 Å². The largest absolute Gasteiger partial charge is 0.405 e. The summed E-state index contributed by atoms with van der Waals surface area (Å²) in [7, 11) is -0.650. The molecule has 1 saturated heterocycles. The molecule has 0 bridgehead atoms. The molecule has 3 atom stereocenters. The van der Waals surface area contributed by atoms with Gasteiger partial charge in [0.25, 0.3) is 5.91 Å². The summed E-state index contributed by atoms with van der Waals surface area (Å²) in [6.45, 7) is 12.2. The van der Waals surface area contributed by atoms with Crippen LogP contribution in [0.25, 0.3) is 0 Å². The maximum absolute atomic E-state index is 13.1. The van der Waals surface area contributed by atoms with Crippen LogP contribution in [0.2, 0.25) is 18.1 Å². The molecule has 7 heteroatoms. The maximum Gasteiger partial charge on any atom is 0.251 e. The number of hydrogen-bond donors (Lipinski definition) is 2. The minimum Gasteiger partial charge on any atom is -0.405 e. The van der Waals surface area contributed by atoms with Crippen LogP contribution in [-0.4, -0.2) is 55.4 Å². The first kappa shape index (κ1) is 22.6. The molecule has 2 N–H and O–H groups in total. The Balaban J connectivity index is 2.25. The summed E-state index contributed by atoms with van der Waals surface area (Å²) in [6, 6.07) is 9.56. The number of carbonyl (C=O) groups excluding carboxylic acids is 2. The SMILES string of the molecule is CC1C(O[Si](C)(C)C(C)(C)C)C(=O)N(C)C1(CO)C(=O)NCc1ccccc1. The van der Waals surface area contributed by atoms with Crippen molar-refractivity contribution in [3.8, 4) is 0 Å². The number of nitrogens with zero attached hydrogens (tertiary/aromatic N) is 1. The highest BCUT2D eigenvalue weighted by atomic mass is 28.4. The van der Waals surface area contributed by atoms with E-state index < -0.39 is 32.5 Å². The van der Waals surface area contributed by atoms with E-state index in [1.54, 1.807) is 7.05 Å². The molecule has 2 rings (SSSR count). The van der Waals surface area contributed by atoms with E-state index in [0.717, 1.165) is 5.56 Å². The number of amides is 2. The molecule has 1 aromatic carbocycles. The molecule has 3 unspecified atom stereocenters. The zero-order valence-corrected chi connectivity index (χ0v) is 19.1. The number of likely N-dealkylation sites (tertiary alicyclic amines) is 1. The van der Waals surface area contributed by atoms with E-state index in [4.69, 9.17) is 4.43 Å². The predicted molar refractivity (Wildman–Crippen MR) is 112 cm³/mol. The average Bonchev–Trinajstić information content (AvgIpc) is 2.81. The Bertz CT molecular complexity index is 717. The van der Waals surface area contributed by atoms with Gasteiger partial charge in [0.1, 0.15) is 11.6 Å². The summed E-state index contributed by atoms with van der Waals surface area (Å²) >= 11 is 0. The smallest absolute Gasteiger partial charge is 0.251 e. The van der Waals surface area contributed by atoms with Crippen molar-refractivity contribution in [2.24, 2.45) is 5.92 Å². The van der Waals surface area contributed by atoms with E-state index in [1.807, 2.05) is 37.3 Å². The molecule has 28 heavy (non-hydrogen) atoms. The molecule has 1 aliphatic heterocycles. The zero-order chi connectivity index (χ0) is 21.3. The van der Waals surface area contributed by atoms with Gasteiger partial charge < -0.3 is 19.7 Å². The summed E-state index contributed by atoms with van der Waals surface area (Å²) in [5.41, 5.74) is -0.378. The van der Waals surface area contributed by atoms with Crippen LogP contribution in [-0.2, 0) is 20.6 Å². The van der Waals surface area contributed by atoms with E-state index in [1.165, 1.54) is 4.90 Å². The van der Waals surface area contributed by atoms with E-state index in [-0.39, 0.29) is 16.9 Å². The fourth-order valence-corrected chi connectivity index (χ4v) is 4.71. The lowest BCUT2D eigenvalue weighted by atomic mass is 9.84. The molecule has 0 saturated carbocycles. The van der Waals surface area contributed by atoms with E-state index in [0.29, 0.717) is 6.54 Å². The van der Waals surface area contributed by atoms with Gasteiger partial charge in [0.15, 0.2) is 8.32 Å². The average molecular weight is 407 g/mol. The molecular weight excluding hydrogens is 372 g/mol. The number of benzene rings is 1. The molecule has 0 aliphatic carbocycles. The van der Waals surface area contributed by atoms with E-state index in [2.05, 4.69) is 39.2 Å². The monoisotopic (exact) mass is 406 g/mol. The minimum atomic E-state index is -2.23. The highest BCUT2D eigenvalue weighted by Gasteiger charge is 2.61. The lowest BCUT2D eigenvalue weighted by molar-refractivity contribution is -0.144. The molecule has 6 nitrogen and oxygen atoms in total. The van der Waals surface area contributed by atoms with Gasteiger partial charge in [0, 0.05) is 19.5 Å². The highest BCUT2D eigenvalue weighted by Crippen LogP contribution is 2.43. The van der Waals surface area contributed by atoms with Crippen molar-refractivity contribution in [3.05, 3.63) is 35.9 Å². The number of hydrogen-bond acceptors (Lipinski definition) is 4. The van der Waals surface area contributed by atoms with Crippen LogP contribution in [0.5, 0.6) is 0 Å². The number of likely N-dealkylation sites (N-methyl/N-ethyl adjacent to an activating group) is 1. The third-order valence-electron chi connectivity index (χ3n) is 6.54. The van der Waals surface area contributed by atoms with Crippen LogP contribution in [0.3, 0.4) is 0 Å². The van der Waals surface area contributed by atoms with Gasteiger partial charge in [-0.25, -0.2) is 0 Å². The second-order valence-corrected chi connectivity index (χ2v) is 14.0. The van der Waals surface area contributed by atoms with Crippen LogP contribution in [0.1, 0.15) is 33.3 Å². The lowest BCUT2D eigenvalue weighted by Crippen LogP contribution is -2.60. The third-order valence-corrected chi connectivity index (χ3v) is 11.0. The van der Waals surface area contributed by atoms with Crippen LogP contribution in [0, 0.1) is 5.92 Å². The Kier molecular flexibility index (Phi) is 6.43. The van der Waals surface area contributed by atoms with E-state index in [9.17, 15) is 14.7 Å². The first-order valence-corrected chi connectivity index (χ1v) is 12.7. The summed E-state index contributed by atoms with van der Waals surface area (Å²) in [5.74, 6) is -1.08. The predicted octanol–water partition coefficient (Wildman–Crippen LogP) is 2.53. The van der Waals surface area contributed by atoms with Gasteiger partial charge in [0.2, 0.25) is 5.91 Å². The molecular formula is C21H34N2O4Si. The molecule has 1 aliphatic rings. The summed E-state index contributed by atoms with van der Waals surface area (Å²) in [4.78, 5) is 27.5. The molecule has 1 fully saturated rings. The van der Waals surface area contributed by atoms with Gasteiger partial charge in [-0.2, -0.15) is 0 Å². The van der Waals surface area contributed by atoms with Crippen molar-refractivity contribution >= 4 is 20.1 Å². The Hall–Kier alpha value is -1.70. The number of aliphatic hydroxyl groups is 1. The van der Waals surface area contributed by atoms with Gasteiger partial charge in [0.05, 0.1) is 6.61 Å². The molecule has 0 radical (unpaired) electrons. The van der Waals surface area contributed by atoms with Crippen molar-refractivity contribution in [1.29, 1.82) is 0 Å². The van der Waals surface area contributed by atoms with Crippen molar-refractivity contribution in [2.75, 3.05) is 13.7 Å². The standard InChI is InChI=1S/C21H34N2O4Si/c1-15-17(27-28(6,7)20(2,3)4)18(25)23(5)21(15,14-24)19(26)22-13-16-11-9-8-10-12-16/h8-12,15,17,24H,13-14H2,1-7H3,(H,22,26). The van der Waals surface area contributed by atoms with Crippen LogP contribution in [0.4, 0.5) is 0 Å². The van der Waals surface area contributed by atoms with Crippen molar-refractivity contribution in [2.45, 2.75) is 64.0 Å². The number of rotatable bonds is 6. The van der Waals surface area contributed by atoms with E-state index >= 15 is 0 Å². The first-order valence-electron chi connectivity index (χ1n) is 9.77. The Morgan fingerprint density at radius 3 is 2.36 bits per heavy atom. The number of carbonyl (C=O) groups is 2. The van der Waals surface area contributed by atoms with Crippen LogP contribution >= 0.6 is 0 Å². The highest BCUT2D eigenvalue weighted by molar-refractivity contribution is 6.74. The summed E-state index contributed by atoms with van der Waals surface area (Å²) in [5, 5.41) is 13.0. The van der Waals surface area contributed by atoms with Gasteiger partial charge in [-0.1, -0.05) is 58.0 Å². The molecule has 1 heterocycles.